The van der Waals surface area contributed by atoms with Gasteiger partial charge < -0.3 is 14.7 Å². The molecule has 2 aromatic carbocycles. The average Bonchev–Trinajstić information content (AvgIpc) is 3.07. The summed E-state index contributed by atoms with van der Waals surface area (Å²) >= 11 is 0. The molecule has 2 aliphatic heterocycles. The van der Waals surface area contributed by atoms with E-state index in [1.165, 1.54) is 12.1 Å². The van der Waals surface area contributed by atoms with Crippen LogP contribution in [0.15, 0.2) is 78.5 Å². The highest BCUT2D eigenvalue weighted by atomic mass is 19.4. The first-order chi connectivity index (χ1) is 15.6. The van der Waals surface area contributed by atoms with Gasteiger partial charge in [0.25, 0.3) is 5.91 Å². The summed E-state index contributed by atoms with van der Waals surface area (Å²) in [4.78, 5) is 21.1. The molecule has 1 unspecified atom stereocenters. The molecule has 5 nitrogen and oxygen atoms in total. The Morgan fingerprint density at radius 2 is 1.64 bits per heavy atom. The average molecular weight is 457 g/mol. The fraction of sp³-hybridized carbons (Fsp3) is 0.320. The van der Waals surface area contributed by atoms with Gasteiger partial charge in [0.15, 0.2) is 0 Å². The Bertz CT molecular complexity index is 1080. The molecule has 8 heteroatoms. The third-order valence-electron chi connectivity index (χ3n) is 6.14. The fourth-order valence-corrected chi connectivity index (χ4v) is 4.55. The Kier molecular flexibility index (Phi) is 5.86. The Morgan fingerprint density at radius 1 is 1.00 bits per heavy atom. The number of rotatable bonds is 5. The smallest absolute Gasteiger partial charge is 0.335 e. The van der Waals surface area contributed by atoms with E-state index in [9.17, 15) is 18.0 Å². The van der Waals surface area contributed by atoms with E-state index in [1.54, 1.807) is 4.90 Å². The molecule has 2 aromatic rings. The second kappa shape index (κ2) is 8.50. The number of carbonyl (C=O) groups excluding carboxylic acids is 1. The minimum Gasteiger partial charge on any atom is -0.335 e. The topological polar surface area (TPSA) is 30.0 Å². The SMILES string of the molecule is C=C1N(C)C2=C(C(=O)N1CCC)N(Cc1ccccc1)C(c1ccc(C(F)(F)F)cc1)N2C. The maximum absolute atomic E-state index is 13.6. The van der Waals surface area contributed by atoms with Gasteiger partial charge in [-0.05, 0) is 29.7 Å². The minimum absolute atomic E-state index is 0.146. The van der Waals surface area contributed by atoms with Gasteiger partial charge in [0.1, 0.15) is 23.5 Å². The summed E-state index contributed by atoms with van der Waals surface area (Å²) in [6.45, 7) is 7.08. The number of hydrogen-bond acceptors (Lipinski definition) is 4. The van der Waals surface area contributed by atoms with Crippen molar-refractivity contribution in [2.45, 2.75) is 32.2 Å². The lowest BCUT2D eigenvalue weighted by Gasteiger charge is -2.38. The molecule has 0 radical (unpaired) electrons. The van der Waals surface area contributed by atoms with Crippen LogP contribution in [0, 0.1) is 0 Å². The number of carbonyl (C=O) groups is 1. The maximum Gasteiger partial charge on any atom is 0.416 e. The van der Waals surface area contributed by atoms with E-state index < -0.39 is 17.9 Å². The summed E-state index contributed by atoms with van der Waals surface area (Å²) < 4.78 is 39.4. The predicted molar refractivity (Wildman–Crippen MR) is 120 cm³/mol. The van der Waals surface area contributed by atoms with Crippen molar-refractivity contribution in [3.63, 3.8) is 0 Å². The van der Waals surface area contributed by atoms with Gasteiger partial charge in [-0.25, -0.2) is 0 Å². The monoisotopic (exact) mass is 456 g/mol. The van der Waals surface area contributed by atoms with Crippen molar-refractivity contribution >= 4 is 5.91 Å². The van der Waals surface area contributed by atoms with Gasteiger partial charge in [0.05, 0.1) is 5.56 Å². The van der Waals surface area contributed by atoms with Crippen LogP contribution in [-0.4, -0.2) is 46.1 Å². The third kappa shape index (κ3) is 3.94. The van der Waals surface area contributed by atoms with E-state index in [0.29, 0.717) is 36.0 Å². The van der Waals surface area contributed by atoms with Crippen LogP contribution in [0.5, 0.6) is 0 Å². The quantitative estimate of drug-likeness (QED) is 0.635. The second-order valence-corrected chi connectivity index (χ2v) is 8.32. The summed E-state index contributed by atoms with van der Waals surface area (Å²) in [6.07, 6.45) is -4.08. The van der Waals surface area contributed by atoms with Crippen molar-refractivity contribution in [1.29, 1.82) is 0 Å². The minimum atomic E-state index is -4.41. The van der Waals surface area contributed by atoms with Gasteiger partial charge in [0, 0.05) is 27.2 Å². The molecule has 0 N–H and O–H groups in total. The summed E-state index contributed by atoms with van der Waals surface area (Å²) in [6, 6.07) is 14.9. The van der Waals surface area contributed by atoms with Gasteiger partial charge in [-0.1, -0.05) is 56.0 Å². The lowest BCUT2D eigenvalue weighted by atomic mass is 10.1. The standard InChI is InChI=1S/C25H27F3N4O/c1-5-15-31-17(2)29(3)23-21(24(31)33)32(16-18-9-7-6-8-10-18)22(30(23)4)19-11-13-20(14-12-19)25(26,27)28/h6-14,22H,2,5,15-16H2,1,3-4H3. The molecule has 0 aromatic heterocycles. The number of hydrogen-bond donors (Lipinski definition) is 0. The van der Waals surface area contributed by atoms with E-state index >= 15 is 0 Å². The summed E-state index contributed by atoms with van der Waals surface area (Å²) in [5, 5.41) is 0. The first-order valence-corrected chi connectivity index (χ1v) is 10.8. The lowest BCUT2D eigenvalue weighted by molar-refractivity contribution is -0.137. The molecule has 174 valence electrons. The van der Waals surface area contributed by atoms with Gasteiger partial charge >= 0.3 is 6.18 Å². The van der Waals surface area contributed by atoms with Crippen LogP contribution in [0.1, 0.15) is 36.2 Å². The number of nitrogens with zero attached hydrogens (tertiary/aromatic N) is 4. The highest BCUT2D eigenvalue weighted by molar-refractivity contribution is 5.96. The van der Waals surface area contributed by atoms with Gasteiger partial charge in [-0.15, -0.1) is 0 Å². The number of benzene rings is 2. The van der Waals surface area contributed by atoms with Crippen molar-refractivity contribution in [3.05, 3.63) is 95.2 Å². The Labute approximate surface area is 192 Å². The van der Waals surface area contributed by atoms with Crippen molar-refractivity contribution in [2.24, 2.45) is 0 Å². The molecule has 0 fully saturated rings. The first kappa shape index (κ1) is 22.8. The number of halogens is 3. The molecule has 0 bridgehead atoms. The van der Waals surface area contributed by atoms with Gasteiger partial charge in [-0.3, -0.25) is 9.69 Å². The summed E-state index contributed by atoms with van der Waals surface area (Å²) in [5.74, 6) is 1.13. The zero-order chi connectivity index (χ0) is 23.9. The van der Waals surface area contributed by atoms with Gasteiger partial charge in [0.2, 0.25) is 0 Å². The normalized spacial score (nSPS) is 19.0. The van der Waals surface area contributed by atoms with E-state index in [1.807, 2.05) is 66.1 Å². The van der Waals surface area contributed by atoms with E-state index in [-0.39, 0.29) is 5.91 Å². The molecule has 1 atom stereocenters. The number of amides is 1. The van der Waals surface area contributed by atoms with Crippen molar-refractivity contribution in [3.8, 4) is 0 Å². The molecule has 2 aliphatic rings. The predicted octanol–water partition coefficient (Wildman–Crippen LogP) is 4.98. The van der Waals surface area contributed by atoms with Crippen LogP contribution in [0.3, 0.4) is 0 Å². The molecule has 0 saturated heterocycles. The van der Waals surface area contributed by atoms with Gasteiger partial charge in [-0.2, -0.15) is 13.2 Å². The molecule has 33 heavy (non-hydrogen) atoms. The molecule has 0 spiro atoms. The molecule has 2 heterocycles. The van der Waals surface area contributed by atoms with E-state index in [2.05, 4.69) is 6.58 Å². The molecule has 0 aliphatic carbocycles. The zero-order valence-corrected chi connectivity index (χ0v) is 18.9. The first-order valence-electron chi connectivity index (χ1n) is 10.8. The highest BCUT2D eigenvalue weighted by Crippen LogP contribution is 2.45. The van der Waals surface area contributed by atoms with Crippen molar-refractivity contribution < 1.29 is 18.0 Å². The largest absolute Gasteiger partial charge is 0.416 e. The molecule has 4 rings (SSSR count). The molecular weight excluding hydrogens is 429 g/mol. The summed E-state index contributed by atoms with van der Waals surface area (Å²) in [5.41, 5.74) is 1.49. The van der Waals surface area contributed by atoms with E-state index in [0.717, 1.165) is 24.1 Å². The van der Waals surface area contributed by atoms with Crippen LogP contribution < -0.4 is 0 Å². The molecule has 0 saturated carbocycles. The second-order valence-electron chi connectivity index (χ2n) is 8.32. The Balaban J connectivity index is 1.80. The zero-order valence-electron chi connectivity index (χ0n) is 18.9. The number of alkyl halides is 3. The lowest BCUT2D eigenvalue weighted by Crippen LogP contribution is -2.46. The molecule has 1 amide bonds. The fourth-order valence-electron chi connectivity index (χ4n) is 4.55. The maximum atomic E-state index is 13.6. The Hall–Kier alpha value is -3.42. The van der Waals surface area contributed by atoms with Crippen molar-refractivity contribution in [2.75, 3.05) is 20.6 Å². The highest BCUT2D eigenvalue weighted by Gasteiger charge is 2.47. The van der Waals surface area contributed by atoms with Crippen LogP contribution in [-0.2, 0) is 17.5 Å². The van der Waals surface area contributed by atoms with Crippen LogP contribution in [0.4, 0.5) is 13.2 Å². The van der Waals surface area contributed by atoms with Crippen molar-refractivity contribution in [1.82, 2.24) is 19.6 Å². The molecular formula is C25H27F3N4O. The van der Waals surface area contributed by atoms with Crippen LogP contribution >= 0.6 is 0 Å². The third-order valence-corrected chi connectivity index (χ3v) is 6.14. The Morgan fingerprint density at radius 3 is 2.21 bits per heavy atom. The summed E-state index contributed by atoms with van der Waals surface area (Å²) in [7, 11) is 3.72. The van der Waals surface area contributed by atoms with E-state index in [4.69, 9.17) is 0 Å². The van der Waals surface area contributed by atoms with Crippen LogP contribution in [0.25, 0.3) is 0 Å². The van der Waals surface area contributed by atoms with Crippen LogP contribution in [0.2, 0.25) is 0 Å².